The highest BCUT2D eigenvalue weighted by molar-refractivity contribution is 6.30. The van der Waals surface area contributed by atoms with E-state index in [2.05, 4.69) is 5.32 Å². The lowest BCUT2D eigenvalue weighted by atomic mass is 10.2. The number of amides is 2. The summed E-state index contributed by atoms with van der Waals surface area (Å²) in [6, 6.07) is 7.45. The van der Waals surface area contributed by atoms with Crippen molar-refractivity contribution in [2.24, 2.45) is 0 Å². The molecular weight excluding hydrogens is 326 g/mol. The zero-order valence-electron chi connectivity index (χ0n) is 12.6. The van der Waals surface area contributed by atoms with Crippen LogP contribution in [0.2, 0.25) is 5.02 Å². The Kier molecular flexibility index (Phi) is 5.39. The Morgan fingerprint density at radius 1 is 1.26 bits per heavy atom. The Hall–Kier alpha value is -2.34. The first-order valence-electron chi connectivity index (χ1n) is 6.70. The average molecular weight is 341 g/mol. The number of hydrogen-bond acceptors (Lipinski definition) is 2. The number of nitrogens with zero attached hydrogens (tertiary/aromatic N) is 1. The summed E-state index contributed by atoms with van der Waals surface area (Å²) < 4.78 is 31.6. The molecule has 0 heterocycles. The van der Waals surface area contributed by atoms with Crippen LogP contribution in [0.1, 0.15) is 5.56 Å². The van der Waals surface area contributed by atoms with Gasteiger partial charge in [-0.1, -0.05) is 11.6 Å². The van der Waals surface area contributed by atoms with Crippen molar-refractivity contribution < 1.29 is 18.3 Å². The molecule has 2 amide bonds. The van der Waals surface area contributed by atoms with Gasteiger partial charge in [0, 0.05) is 23.7 Å². The molecule has 0 spiro atoms. The normalized spacial score (nSPS) is 10.3. The Morgan fingerprint density at radius 3 is 2.65 bits per heavy atom. The zero-order chi connectivity index (χ0) is 17.0. The van der Waals surface area contributed by atoms with Crippen molar-refractivity contribution >= 4 is 23.3 Å². The molecule has 23 heavy (non-hydrogen) atoms. The average Bonchev–Trinajstić information content (AvgIpc) is 2.50. The van der Waals surface area contributed by atoms with Crippen molar-refractivity contribution in [2.45, 2.75) is 6.54 Å². The van der Waals surface area contributed by atoms with Crippen LogP contribution < -0.4 is 10.1 Å². The molecule has 0 unspecified atom stereocenters. The van der Waals surface area contributed by atoms with Gasteiger partial charge in [0.25, 0.3) is 0 Å². The highest BCUT2D eigenvalue weighted by Gasteiger charge is 2.14. The number of anilines is 1. The molecular formula is C16H15ClF2N2O2. The van der Waals surface area contributed by atoms with Crippen LogP contribution in [0.25, 0.3) is 0 Å². The van der Waals surface area contributed by atoms with Gasteiger partial charge in [0.2, 0.25) is 0 Å². The fourth-order valence-corrected chi connectivity index (χ4v) is 2.19. The lowest BCUT2D eigenvalue weighted by Crippen LogP contribution is -2.31. The molecule has 2 aromatic rings. The third-order valence-corrected chi connectivity index (χ3v) is 3.40. The van der Waals surface area contributed by atoms with Crippen molar-refractivity contribution in [3.05, 3.63) is 58.6 Å². The van der Waals surface area contributed by atoms with Crippen LogP contribution in [0.3, 0.4) is 0 Å². The number of benzene rings is 2. The number of rotatable bonds is 4. The van der Waals surface area contributed by atoms with E-state index in [1.807, 2.05) is 0 Å². The Balaban J connectivity index is 2.10. The molecule has 1 N–H and O–H groups in total. The molecule has 122 valence electrons. The molecule has 2 rings (SSSR count). The topological polar surface area (TPSA) is 41.6 Å². The second-order valence-electron chi connectivity index (χ2n) is 4.87. The molecule has 0 saturated carbocycles. The molecule has 7 heteroatoms. The van der Waals surface area contributed by atoms with E-state index in [1.165, 1.54) is 19.1 Å². The van der Waals surface area contributed by atoms with Crippen molar-refractivity contribution in [2.75, 3.05) is 19.5 Å². The van der Waals surface area contributed by atoms with Gasteiger partial charge in [-0.3, -0.25) is 0 Å². The number of ether oxygens (including phenoxy) is 1. The number of hydrogen-bond donors (Lipinski definition) is 1. The number of carbonyl (C=O) groups is 1. The first-order chi connectivity index (χ1) is 10.9. The van der Waals surface area contributed by atoms with Gasteiger partial charge in [-0.15, -0.1) is 0 Å². The molecule has 0 aliphatic rings. The summed E-state index contributed by atoms with van der Waals surface area (Å²) in [6.07, 6.45) is 0. The van der Waals surface area contributed by atoms with Crippen molar-refractivity contribution in [1.82, 2.24) is 4.90 Å². The Morgan fingerprint density at radius 2 is 2.00 bits per heavy atom. The van der Waals surface area contributed by atoms with Crippen LogP contribution in [-0.4, -0.2) is 25.1 Å². The molecule has 0 bridgehead atoms. The van der Waals surface area contributed by atoms with Gasteiger partial charge in [-0.25, -0.2) is 13.6 Å². The maximum Gasteiger partial charge on any atom is 0.321 e. The van der Waals surface area contributed by atoms with Crippen molar-refractivity contribution in [3.63, 3.8) is 0 Å². The SMILES string of the molecule is COc1ccc(Cl)cc1CN(C)C(=O)Nc1ccc(F)cc1F. The number of nitrogens with one attached hydrogen (secondary N) is 1. The van der Waals surface area contributed by atoms with E-state index in [4.69, 9.17) is 16.3 Å². The molecule has 0 fully saturated rings. The predicted octanol–water partition coefficient (Wildman–Crippen LogP) is 4.29. The summed E-state index contributed by atoms with van der Waals surface area (Å²) in [5, 5.41) is 2.89. The molecule has 0 aromatic heterocycles. The summed E-state index contributed by atoms with van der Waals surface area (Å²) in [7, 11) is 3.05. The first kappa shape index (κ1) is 17.0. The van der Waals surface area contributed by atoms with Crippen LogP contribution in [0, 0.1) is 11.6 Å². The summed E-state index contributed by atoms with van der Waals surface area (Å²) in [5.41, 5.74) is 0.610. The minimum Gasteiger partial charge on any atom is -0.496 e. The fraction of sp³-hybridized carbons (Fsp3) is 0.188. The van der Waals surface area contributed by atoms with E-state index >= 15 is 0 Å². The van der Waals surface area contributed by atoms with E-state index in [-0.39, 0.29) is 12.2 Å². The number of carbonyl (C=O) groups excluding carboxylic acids is 1. The van der Waals surface area contributed by atoms with Crippen LogP contribution >= 0.6 is 11.6 Å². The molecule has 4 nitrogen and oxygen atoms in total. The first-order valence-corrected chi connectivity index (χ1v) is 7.08. The summed E-state index contributed by atoms with van der Waals surface area (Å²) in [4.78, 5) is 13.4. The number of urea groups is 1. The lowest BCUT2D eigenvalue weighted by molar-refractivity contribution is 0.220. The third-order valence-electron chi connectivity index (χ3n) is 3.17. The highest BCUT2D eigenvalue weighted by Crippen LogP contribution is 2.24. The summed E-state index contributed by atoms with van der Waals surface area (Å²) in [5.74, 6) is -0.966. The van der Waals surface area contributed by atoms with E-state index in [1.54, 1.807) is 18.2 Å². The quantitative estimate of drug-likeness (QED) is 0.902. The maximum absolute atomic E-state index is 13.6. The second-order valence-corrected chi connectivity index (χ2v) is 5.30. The zero-order valence-corrected chi connectivity index (χ0v) is 13.3. The minimum absolute atomic E-state index is 0.0960. The van der Waals surface area contributed by atoms with Crippen LogP contribution in [0.5, 0.6) is 5.75 Å². The fourth-order valence-electron chi connectivity index (χ4n) is 2.00. The van der Waals surface area contributed by atoms with Gasteiger partial charge in [0.15, 0.2) is 0 Å². The molecule has 0 radical (unpaired) electrons. The number of methoxy groups -OCH3 is 1. The van der Waals surface area contributed by atoms with Gasteiger partial charge in [0.05, 0.1) is 19.3 Å². The van der Waals surface area contributed by atoms with E-state index < -0.39 is 17.7 Å². The van der Waals surface area contributed by atoms with Crippen molar-refractivity contribution in [1.29, 1.82) is 0 Å². The van der Waals surface area contributed by atoms with Crippen molar-refractivity contribution in [3.8, 4) is 5.75 Å². The molecule has 0 atom stereocenters. The van der Waals surface area contributed by atoms with E-state index in [0.717, 1.165) is 12.1 Å². The molecule has 0 aliphatic heterocycles. The second kappa shape index (κ2) is 7.28. The van der Waals surface area contributed by atoms with Gasteiger partial charge in [0.1, 0.15) is 17.4 Å². The highest BCUT2D eigenvalue weighted by atomic mass is 35.5. The van der Waals surface area contributed by atoms with E-state index in [9.17, 15) is 13.6 Å². The van der Waals surface area contributed by atoms with Gasteiger partial charge >= 0.3 is 6.03 Å². The molecule has 2 aromatic carbocycles. The van der Waals surface area contributed by atoms with Gasteiger partial charge in [-0.2, -0.15) is 0 Å². The van der Waals surface area contributed by atoms with E-state index in [0.29, 0.717) is 22.4 Å². The lowest BCUT2D eigenvalue weighted by Gasteiger charge is -2.20. The predicted molar refractivity (Wildman–Crippen MR) is 84.8 cm³/mol. The standard InChI is InChI=1S/C16H15ClF2N2O2/c1-21(9-10-7-11(17)3-6-15(10)23-2)16(22)20-14-5-4-12(18)8-13(14)19/h3-8H,9H2,1-2H3,(H,20,22). The maximum atomic E-state index is 13.6. The summed E-state index contributed by atoms with van der Waals surface area (Å²) in [6.45, 7) is 0.207. The van der Waals surface area contributed by atoms with Crippen LogP contribution in [0.15, 0.2) is 36.4 Å². The summed E-state index contributed by atoms with van der Waals surface area (Å²) >= 11 is 5.94. The Labute approximate surface area is 137 Å². The Bertz CT molecular complexity index is 725. The van der Waals surface area contributed by atoms with Gasteiger partial charge in [-0.05, 0) is 30.3 Å². The molecule has 0 saturated heterocycles. The minimum atomic E-state index is -0.841. The van der Waals surface area contributed by atoms with Crippen LogP contribution in [-0.2, 0) is 6.54 Å². The largest absolute Gasteiger partial charge is 0.496 e. The number of halogens is 3. The molecule has 0 aliphatic carbocycles. The van der Waals surface area contributed by atoms with Gasteiger partial charge < -0.3 is 15.0 Å². The smallest absolute Gasteiger partial charge is 0.321 e. The third kappa shape index (κ3) is 4.32. The van der Waals surface area contributed by atoms with Crippen LogP contribution in [0.4, 0.5) is 19.3 Å². The monoisotopic (exact) mass is 340 g/mol.